The second-order valence-corrected chi connectivity index (χ2v) is 6.56. The SMILES string of the molecule is Cc1ccc(SCCNC(=S)Nc2ccc(Cl)cc2)cc1. The Balaban J connectivity index is 1.67. The Labute approximate surface area is 140 Å². The van der Waals surface area contributed by atoms with Crippen LogP contribution in [0.2, 0.25) is 5.02 Å². The van der Waals surface area contributed by atoms with Crippen LogP contribution in [0.25, 0.3) is 0 Å². The Morgan fingerprint density at radius 1 is 1.10 bits per heavy atom. The van der Waals surface area contributed by atoms with Crippen molar-refractivity contribution in [3.8, 4) is 0 Å². The second-order valence-electron chi connectivity index (χ2n) is 4.55. The van der Waals surface area contributed by atoms with Crippen molar-refractivity contribution in [2.75, 3.05) is 17.6 Å². The minimum atomic E-state index is 0.627. The van der Waals surface area contributed by atoms with Gasteiger partial charge < -0.3 is 10.6 Å². The number of hydrogen-bond donors (Lipinski definition) is 2. The Morgan fingerprint density at radius 2 is 1.76 bits per heavy atom. The maximum absolute atomic E-state index is 5.84. The number of anilines is 1. The minimum absolute atomic E-state index is 0.627. The van der Waals surface area contributed by atoms with Gasteiger partial charge in [-0.05, 0) is 55.5 Å². The first-order valence-corrected chi connectivity index (χ1v) is 8.40. The van der Waals surface area contributed by atoms with Gasteiger partial charge in [0.15, 0.2) is 5.11 Å². The van der Waals surface area contributed by atoms with E-state index in [1.165, 1.54) is 10.5 Å². The topological polar surface area (TPSA) is 24.1 Å². The minimum Gasteiger partial charge on any atom is -0.362 e. The zero-order valence-electron chi connectivity index (χ0n) is 11.7. The molecule has 0 spiro atoms. The van der Waals surface area contributed by atoms with Crippen molar-refractivity contribution in [1.29, 1.82) is 0 Å². The third-order valence-corrected chi connectivity index (χ3v) is 4.29. The van der Waals surface area contributed by atoms with Gasteiger partial charge in [-0.3, -0.25) is 0 Å². The van der Waals surface area contributed by atoms with E-state index in [-0.39, 0.29) is 0 Å². The molecule has 5 heteroatoms. The predicted octanol–water partition coefficient (Wildman–Crippen LogP) is 4.73. The monoisotopic (exact) mass is 336 g/mol. The molecule has 0 bridgehead atoms. The van der Waals surface area contributed by atoms with Crippen molar-refractivity contribution in [2.45, 2.75) is 11.8 Å². The number of thioether (sulfide) groups is 1. The maximum Gasteiger partial charge on any atom is 0.170 e. The van der Waals surface area contributed by atoms with Crippen LogP contribution in [0, 0.1) is 6.92 Å². The first-order valence-electron chi connectivity index (χ1n) is 6.63. The lowest BCUT2D eigenvalue weighted by atomic mass is 10.2. The van der Waals surface area contributed by atoms with E-state index in [0.717, 1.165) is 18.0 Å². The molecule has 0 aliphatic heterocycles. The highest BCUT2D eigenvalue weighted by atomic mass is 35.5. The number of thiocarbonyl (C=S) groups is 1. The summed E-state index contributed by atoms with van der Waals surface area (Å²) in [7, 11) is 0. The van der Waals surface area contributed by atoms with Gasteiger partial charge in [0.25, 0.3) is 0 Å². The molecule has 0 aliphatic rings. The Kier molecular flexibility index (Phi) is 6.36. The van der Waals surface area contributed by atoms with Gasteiger partial charge in [0.2, 0.25) is 0 Å². The molecule has 0 aliphatic carbocycles. The Bertz CT molecular complexity index is 582. The van der Waals surface area contributed by atoms with E-state index in [4.69, 9.17) is 23.8 Å². The highest BCUT2D eigenvalue weighted by Crippen LogP contribution is 2.17. The molecule has 0 unspecified atom stereocenters. The molecule has 0 saturated carbocycles. The van der Waals surface area contributed by atoms with E-state index in [9.17, 15) is 0 Å². The molecular formula is C16H17ClN2S2. The van der Waals surface area contributed by atoms with Crippen LogP contribution in [0.3, 0.4) is 0 Å². The van der Waals surface area contributed by atoms with Crippen LogP contribution in [0.1, 0.15) is 5.56 Å². The van der Waals surface area contributed by atoms with Crippen molar-refractivity contribution in [3.63, 3.8) is 0 Å². The van der Waals surface area contributed by atoms with Crippen LogP contribution >= 0.6 is 35.6 Å². The molecule has 110 valence electrons. The maximum atomic E-state index is 5.84. The van der Waals surface area contributed by atoms with Crippen LogP contribution in [-0.2, 0) is 0 Å². The van der Waals surface area contributed by atoms with Crippen molar-refractivity contribution >= 4 is 46.4 Å². The smallest absolute Gasteiger partial charge is 0.170 e. The summed E-state index contributed by atoms with van der Waals surface area (Å²) in [5, 5.41) is 7.66. The summed E-state index contributed by atoms with van der Waals surface area (Å²) < 4.78 is 0. The van der Waals surface area contributed by atoms with Gasteiger partial charge in [0.05, 0.1) is 0 Å². The highest BCUT2D eigenvalue weighted by Gasteiger charge is 1.98. The van der Waals surface area contributed by atoms with E-state index >= 15 is 0 Å². The molecule has 0 amide bonds. The van der Waals surface area contributed by atoms with Crippen LogP contribution in [0.4, 0.5) is 5.69 Å². The molecule has 0 heterocycles. The summed E-state index contributed by atoms with van der Waals surface area (Å²) >= 11 is 12.9. The molecule has 2 N–H and O–H groups in total. The van der Waals surface area contributed by atoms with Gasteiger partial charge in [-0.15, -0.1) is 11.8 Å². The molecule has 0 aromatic heterocycles. The summed E-state index contributed by atoms with van der Waals surface area (Å²) in [5.74, 6) is 0.964. The number of nitrogens with one attached hydrogen (secondary N) is 2. The molecule has 2 nitrogen and oxygen atoms in total. The first-order chi connectivity index (χ1) is 10.1. The first kappa shape index (κ1) is 16.1. The summed E-state index contributed by atoms with van der Waals surface area (Å²) in [4.78, 5) is 1.28. The fraction of sp³-hybridized carbons (Fsp3) is 0.188. The highest BCUT2D eigenvalue weighted by molar-refractivity contribution is 7.99. The van der Waals surface area contributed by atoms with Gasteiger partial charge >= 0.3 is 0 Å². The standard InChI is InChI=1S/C16H17ClN2S2/c1-12-2-8-15(9-3-12)21-11-10-18-16(20)19-14-6-4-13(17)5-7-14/h2-9H,10-11H2,1H3,(H2,18,19,20). The van der Waals surface area contributed by atoms with E-state index in [2.05, 4.69) is 41.8 Å². The van der Waals surface area contributed by atoms with Crippen molar-refractivity contribution in [3.05, 3.63) is 59.1 Å². The fourth-order valence-electron chi connectivity index (χ4n) is 1.68. The number of benzene rings is 2. The molecule has 0 radical (unpaired) electrons. The summed E-state index contributed by atoms with van der Waals surface area (Å²) in [6.45, 7) is 2.91. The van der Waals surface area contributed by atoms with Gasteiger partial charge in [0.1, 0.15) is 0 Å². The average Bonchev–Trinajstić information content (AvgIpc) is 2.48. The van der Waals surface area contributed by atoms with Gasteiger partial charge in [0, 0.05) is 27.9 Å². The normalized spacial score (nSPS) is 10.2. The largest absolute Gasteiger partial charge is 0.362 e. The van der Waals surface area contributed by atoms with E-state index in [1.54, 1.807) is 0 Å². The molecule has 0 saturated heterocycles. The number of rotatable bonds is 5. The molecule has 2 aromatic rings. The quantitative estimate of drug-likeness (QED) is 0.468. The molecule has 21 heavy (non-hydrogen) atoms. The van der Waals surface area contributed by atoms with Gasteiger partial charge in [-0.1, -0.05) is 29.3 Å². The summed E-state index contributed by atoms with van der Waals surface area (Å²) in [6, 6.07) is 16.0. The van der Waals surface area contributed by atoms with Crippen molar-refractivity contribution in [1.82, 2.24) is 5.32 Å². The molecule has 0 atom stereocenters. The average molecular weight is 337 g/mol. The van der Waals surface area contributed by atoms with Crippen molar-refractivity contribution < 1.29 is 0 Å². The number of halogens is 1. The summed E-state index contributed by atoms with van der Waals surface area (Å²) in [6.07, 6.45) is 0. The van der Waals surface area contributed by atoms with E-state index in [1.807, 2.05) is 36.0 Å². The van der Waals surface area contributed by atoms with Crippen molar-refractivity contribution in [2.24, 2.45) is 0 Å². The third-order valence-electron chi connectivity index (χ3n) is 2.78. The van der Waals surface area contributed by atoms with Crippen LogP contribution in [-0.4, -0.2) is 17.4 Å². The lowest BCUT2D eigenvalue weighted by Crippen LogP contribution is -2.30. The fourth-order valence-corrected chi connectivity index (χ4v) is 2.79. The van der Waals surface area contributed by atoms with Gasteiger partial charge in [-0.25, -0.2) is 0 Å². The molecular weight excluding hydrogens is 320 g/mol. The van der Waals surface area contributed by atoms with E-state index in [0.29, 0.717) is 10.1 Å². The number of hydrogen-bond acceptors (Lipinski definition) is 2. The molecule has 2 aromatic carbocycles. The number of aryl methyl sites for hydroxylation is 1. The summed E-state index contributed by atoms with van der Waals surface area (Å²) in [5.41, 5.74) is 2.22. The predicted molar refractivity (Wildman–Crippen MR) is 97.6 cm³/mol. The van der Waals surface area contributed by atoms with Crippen LogP contribution in [0.15, 0.2) is 53.4 Å². The zero-order chi connectivity index (χ0) is 15.1. The van der Waals surface area contributed by atoms with E-state index < -0.39 is 0 Å². The van der Waals surface area contributed by atoms with Crippen LogP contribution < -0.4 is 10.6 Å². The lowest BCUT2D eigenvalue weighted by Gasteiger charge is -2.10. The second kappa shape index (κ2) is 8.27. The Hall–Kier alpha value is -1.23. The third kappa shape index (κ3) is 5.96. The molecule has 2 rings (SSSR count). The lowest BCUT2D eigenvalue weighted by molar-refractivity contribution is 0.990. The van der Waals surface area contributed by atoms with Crippen LogP contribution in [0.5, 0.6) is 0 Å². The molecule has 0 fully saturated rings. The Morgan fingerprint density at radius 3 is 2.43 bits per heavy atom. The zero-order valence-corrected chi connectivity index (χ0v) is 14.1. The van der Waals surface area contributed by atoms with Gasteiger partial charge in [-0.2, -0.15) is 0 Å².